The average molecular weight is 1380 g/mol. The second-order valence-electron chi connectivity index (χ2n) is 26.5. The van der Waals surface area contributed by atoms with Crippen molar-refractivity contribution >= 4 is 47.3 Å². The molecular formula is C75H104N14O11. The highest BCUT2D eigenvalue weighted by molar-refractivity contribution is 5.99. The Morgan fingerprint density at radius 3 is 1.56 bits per heavy atom. The third-order valence-electron chi connectivity index (χ3n) is 20.0. The van der Waals surface area contributed by atoms with E-state index >= 15 is 9.59 Å². The SMILES string of the molecule is CC[C@H](NC)C(=O)N[C@@H]1C(=O)N2[C@@H](CC[C@@H]1CNC(=O)CCc1cn(CCCOCCOCCOCCCNC(=O)C(NC(=O)[C@@H]3CC[C@@H]4CC[C@H](CNCc5ccccc5)[C@H](NC(=O)[C@H](CC)NC)C(=O)N43)(c3ccccc3)c3ccccc3)nn1)CC[C@H]2C(=O)NCc1ccccc1. The molecule has 0 spiro atoms. The summed E-state index contributed by atoms with van der Waals surface area (Å²) in [4.78, 5) is 117. The number of hydrogen-bond donors (Lipinski definition) is 9. The predicted molar refractivity (Wildman–Crippen MR) is 377 cm³/mol. The minimum atomic E-state index is -1.68. The van der Waals surface area contributed by atoms with Crippen LogP contribution in [0.3, 0.4) is 0 Å². The van der Waals surface area contributed by atoms with Crippen LogP contribution < -0.4 is 47.9 Å². The Balaban J connectivity index is 0.677. The van der Waals surface area contributed by atoms with Crippen LogP contribution in [0.15, 0.2) is 128 Å². The molecule has 4 aliphatic rings. The topological polar surface area (TPSA) is 310 Å². The van der Waals surface area contributed by atoms with Crippen molar-refractivity contribution in [2.45, 2.75) is 177 Å². The molecule has 4 aliphatic heterocycles. The number of aromatic nitrogens is 3. The maximum Gasteiger partial charge on any atom is 0.255 e. The number of carbonyl (C=O) groups excluding carboxylic acids is 8. The first-order chi connectivity index (χ1) is 48.8. The number of hydrogen-bond acceptors (Lipinski definition) is 16. The normalized spacial score (nSPS) is 21.2. The quantitative estimate of drug-likeness (QED) is 0.0252. The highest BCUT2D eigenvalue weighted by Crippen LogP contribution is 2.38. The maximum absolute atomic E-state index is 15.1. The third kappa shape index (κ3) is 20.4. The van der Waals surface area contributed by atoms with Crippen LogP contribution in [0.5, 0.6) is 0 Å². The van der Waals surface area contributed by atoms with Crippen LogP contribution in [0.4, 0.5) is 0 Å². The molecule has 4 saturated heterocycles. The lowest BCUT2D eigenvalue weighted by Crippen LogP contribution is -2.62. The van der Waals surface area contributed by atoms with Crippen LogP contribution in [-0.4, -0.2) is 194 Å². The molecule has 4 fully saturated rings. The molecule has 5 aromatic rings. The summed E-state index contributed by atoms with van der Waals surface area (Å²) in [6, 6.07) is 33.2. The number of ether oxygens (including phenoxy) is 3. The molecule has 0 aliphatic carbocycles. The van der Waals surface area contributed by atoms with Gasteiger partial charge in [-0.05, 0) is 113 Å². The first kappa shape index (κ1) is 75.7. The van der Waals surface area contributed by atoms with Crippen LogP contribution in [-0.2, 0) is 84.2 Å². The molecular weight excluding hydrogens is 1270 g/mol. The molecule has 5 heterocycles. The van der Waals surface area contributed by atoms with E-state index in [0.717, 1.165) is 11.1 Å². The van der Waals surface area contributed by atoms with Gasteiger partial charge >= 0.3 is 0 Å². The van der Waals surface area contributed by atoms with E-state index in [1.165, 1.54) is 0 Å². The number of carbonyl (C=O) groups is 8. The van der Waals surface area contributed by atoms with Crippen molar-refractivity contribution in [1.29, 1.82) is 0 Å². The summed E-state index contributed by atoms with van der Waals surface area (Å²) < 4.78 is 19.2. The smallest absolute Gasteiger partial charge is 0.255 e. The fraction of sp³-hybridized carbons (Fsp3) is 0.547. The van der Waals surface area contributed by atoms with Crippen LogP contribution in [0.1, 0.15) is 125 Å². The molecule has 9 rings (SSSR count). The molecule has 0 radical (unpaired) electrons. The molecule has 100 heavy (non-hydrogen) atoms. The van der Waals surface area contributed by atoms with Gasteiger partial charge in [-0.3, -0.25) is 43.0 Å². The molecule has 1 aromatic heterocycles. The summed E-state index contributed by atoms with van der Waals surface area (Å²) in [6.45, 7) is 8.44. The zero-order chi connectivity index (χ0) is 70.6. The van der Waals surface area contributed by atoms with Crippen molar-refractivity contribution in [2.75, 3.05) is 73.4 Å². The van der Waals surface area contributed by atoms with Gasteiger partial charge in [0, 0.05) is 95.4 Å². The number of likely N-dealkylation sites (N-methyl/N-ethyl adjacent to an activating group) is 2. The van der Waals surface area contributed by atoms with Crippen molar-refractivity contribution in [2.24, 2.45) is 11.8 Å². The number of benzene rings is 4. The van der Waals surface area contributed by atoms with Crippen molar-refractivity contribution in [3.05, 3.63) is 155 Å². The molecule has 4 aromatic carbocycles. The van der Waals surface area contributed by atoms with Crippen LogP contribution in [0, 0.1) is 11.8 Å². The van der Waals surface area contributed by atoms with E-state index in [1.54, 1.807) is 28.6 Å². The third-order valence-corrected chi connectivity index (χ3v) is 20.0. The fourth-order valence-electron chi connectivity index (χ4n) is 14.4. The van der Waals surface area contributed by atoms with E-state index < -0.39 is 53.6 Å². The summed E-state index contributed by atoms with van der Waals surface area (Å²) in [7, 11) is 3.43. The van der Waals surface area contributed by atoms with E-state index in [1.807, 2.05) is 141 Å². The lowest BCUT2D eigenvalue weighted by Gasteiger charge is -2.38. The van der Waals surface area contributed by atoms with Gasteiger partial charge in [-0.15, -0.1) is 5.10 Å². The van der Waals surface area contributed by atoms with Gasteiger partial charge in [0.25, 0.3) is 5.91 Å². The molecule has 9 N–H and O–H groups in total. The van der Waals surface area contributed by atoms with E-state index in [2.05, 4.69) is 58.2 Å². The van der Waals surface area contributed by atoms with Gasteiger partial charge in [0.15, 0.2) is 5.54 Å². The summed E-state index contributed by atoms with van der Waals surface area (Å²) in [5.41, 5.74) is 2.14. The minimum absolute atomic E-state index is 0.147. The van der Waals surface area contributed by atoms with Gasteiger partial charge in [-0.2, -0.15) is 0 Å². The molecule has 0 saturated carbocycles. The number of nitrogens with one attached hydrogen (secondary N) is 9. The van der Waals surface area contributed by atoms with E-state index in [9.17, 15) is 28.8 Å². The lowest BCUT2D eigenvalue weighted by molar-refractivity contribution is -0.145. The van der Waals surface area contributed by atoms with Crippen molar-refractivity contribution in [3.8, 4) is 0 Å². The van der Waals surface area contributed by atoms with Gasteiger partial charge in [-0.25, -0.2) is 0 Å². The molecule has 0 bridgehead atoms. The number of aryl methyl sites for hydroxylation is 2. The highest BCUT2D eigenvalue weighted by atomic mass is 16.5. The molecule has 25 nitrogen and oxygen atoms in total. The lowest BCUT2D eigenvalue weighted by atomic mass is 9.81. The zero-order valence-corrected chi connectivity index (χ0v) is 58.5. The van der Waals surface area contributed by atoms with Gasteiger partial charge in [0.2, 0.25) is 41.4 Å². The van der Waals surface area contributed by atoms with Gasteiger partial charge in [-0.1, -0.05) is 140 Å². The first-order valence-electron chi connectivity index (χ1n) is 36.0. The van der Waals surface area contributed by atoms with E-state index in [0.29, 0.717) is 166 Å². The second-order valence-corrected chi connectivity index (χ2v) is 26.5. The van der Waals surface area contributed by atoms with Gasteiger partial charge < -0.3 is 71.9 Å². The Kier molecular flexibility index (Phi) is 29.5. The molecule has 540 valence electrons. The molecule has 0 unspecified atom stereocenters. The van der Waals surface area contributed by atoms with Gasteiger partial charge in [0.05, 0.1) is 44.2 Å². The Hall–Kier alpha value is -8.46. The monoisotopic (exact) mass is 1380 g/mol. The molecule has 25 heteroatoms. The van der Waals surface area contributed by atoms with Crippen molar-refractivity contribution in [3.63, 3.8) is 0 Å². The van der Waals surface area contributed by atoms with E-state index in [4.69, 9.17) is 14.2 Å². The average Bonchev–Trinajstić information content (AvgIpc) is 1.27. The Morgan fingerprint density at radius 2 is 1.03 bits per heavy atom. The number of nitrogens with zero attached hydrogens (tertiary/aromatic N) is 5. The van der Waals surface area contributed by atoms with E-state index in [-0.39, 0.29) is 78.9 Å². The standard InChI is InChI=1S/C75H104N14O11/c1-5-61(76-3)68(91)82-66-54(49-78-47-52-21-11-7-12-22-52)29-32-60-35-37-64(89(60)72(66)95)71(94)84-75(56-25-15-9-16-26-56,57-27-17-10-18-28-57)74(97)79-39-19-41-98-43-45-100-46-44-99-42-20-40-87-51-58(85-86-87)31-38-65(90)80-50-55-30-33-59-34-36-63(70(93)81-48-53-23-13-8-14-24-53)88(59)73(96)67(55)83-69(92)62(6-2)77-4/h7-18,21-28,51,54-55,59-64,66-67,76-78H,5-6,19-20,29-50H2,1-4H3,(H,79,97)(H,80,90)(H,81,93)(H,82,91)(H,83,92)(H,84,94)/t54-,55-,59+,60+,61+,62+,63+,64+,66+,67+/m1/s1. The summed E-state index contributed by atoms with van der Waals surface area (Å²) in [5, 5.41) is 36.6. The Labute approximate surface area is 587 Å². The van der Waals surface area contributed by atoms with Crippen LogP contribution in [0.25, 0.3) is 0 Å². The fourth-order valence-corrected chi connectivity index (χ4v) is 14.4. The zero-order valence-electron chi connectivity index (χ0n) is 58.5. The number of amides is 8. The molecule has 8 amide bonds. The maximum atomic E-state index is 15.1. The number of rotatable bonds is 39. The first-order valence-corrected chi connectivity index (χ1v) is 36.0. The Morgan fingerprint density at radius 1 is 0.550 bits per heavy atom. The highest BCUT2D eigenvalue weighted by Gasteiger charge is 2.52. The molecule has 10 atom stereocenters. The summed E-state index contributed by atoms with van der Waals surface area (Å²) in [6.07, 6.45) is 9.27. The van der Waals surface area contributed by atoms with Crippen molar-refractivity contribution in [1.82, 2.24) is 72.6 Å². The summed E-state index contributed by atoms with van der Waals surface area (Å²) >= 11 is 0. The van der Waals surface area contributed by atoms with Crippen LogP contribution in [0.2, 0.25) is 0 Å². The minimum Gasteiger partial charge on any atom is -0.379 e. The number of fused-ring (bicyclic) bond motifs is 2. The largest absolute Gasteiger partial charge is 0.379 e. The van der Waals surface area contributed by atoms with Gasteiger partial charge in [0.1, 0.15) is 24.2 Å². The Bertz CT molecular complexity index is 3360. The predicted octanol–water partition coefficient (Wildman–Crippen LogP) is 3.94. The van der Waals surface area contributed by atoms with Crippen LogP contribution >= 0.6 is 0 Å². The second kappa shape index (κ2) is 38.9. The summed E-state index contributed by atoms with van der Waals surface area (Å²) in [5.74, 6) is -3.13. The van der Waals surface area contributed by atoms with Crippen molar-refractivity contribution < 1.29 is 52.6 Å².